The second-order valence-corrected chi connectivity index (χ2v) is 14.7. The minimum absolute atomic E-state index is 0.0564. The number of hydrogen-bond donors (Lipinski definition) is 6. The SMILES string of the molecule is Cn1cnc(SCC[C@H](O)[C@H](CC2CCCCC2)NC(=O)[C@H](Cc2c[nH]cn2)NC(=O)[C@H](Cc2ccccc2)NC(=O)N2CCC(N)CC2)n1. The number of nitrogens with zero attached hydrogens (tertiary/aromatic N) is 5. The van der Waals surface area contributed by atoms with E-state index < -0.39 is 36.0 Å². The fourth-order valence-electron chi connectivity index (χ4n) is 6.73. The fourth-order valence-corrected chi connectivity index (χ4v) is 7.58. The number of rotatable bonds is 16. The highest BCUT2D eigenvalue weighted by Crippen LogP contribution is 2.29. The summed E-state index contributed by atoms with van der Waals surface area (Å²) in [5, 5.41) is 25.4. The van der Waals surface area contributed by atoms with E-state index in [-0.39, 0.29) is 24.9 Å². The number of aliphatic hydroxyl groups excluding tert-OH is 1. The number of piperidine rings is 1. The maximum absolute atomic E-state index is 14.1. The van der Waals surface area contributed by atoms with Gasteiger partial charge < -0.3 is 36.7 Å². The van der Waals surface area contributed by atoms with Crippen LogP contribution >= 0.6 is 11.8 Å². The Morgan fingerprint density at radius 2 is 1.70 bits per heavy atom. The van der Waals surface area contributed by atoms with Crippen molar-refractivity contribution < 1.29 is 19.5 Å². The summed E-state index contributed by atoms with van der Waals surface area (Å²) in [7, 11) is 1.81. The van der Waals surface area contributed by atoms with Crippen LogP contribution < -0.4 is 21.7 Å². The first-order valence-electron chi connectivity index (χ1n) is 17.8. The smallest absolute Gasteiger partial charge is 0.318 e. The second-order valence-electron chi connectivity index (χ2n) is 13.6. The second kappa shape index (κ2) is 18.9. The van der Waals surface area contributed by atoms with Gasteiger partial charge in [-0.3, -0.25) is 14.3 Å². The molecule has 1 saturated heterocycles. The van der Waals surface area contributed by atoms with E-state index in [1.165, 1.54) is 24.5 Å². The molecule has 5 rings (SSSR count). The number of imidazole rings is 1. The minimum atomic E-state index is -0.998. The monoisotopic (exact) mass is 708 g/mol. The normalized spacial score (nSPS) is 18.2. The van der Waals surface area contributed by atoms with E-state index in [0.717, 1.165) is 31.2 Å². The number of aromatic amines is 1. The van der Waals surface area contributed by atoms with Gasteiger partial charge in [0.05, 0.1) is 24.2 Å². The molecule has 3 aromatic rings. The molecule has 0 radical (unpaired) electrons. The Morgan fingerprint density at radius 1 is 0.980 bits per heavy atom. The van der Waals surface area contributed by atoms with Gasteiger partial charge in [-0.15, -0.1) is 5.10 Å². The van der Waals surface area contributed by atoms with Crippen LogP contribution in [0.5, 0.6) is 0 Å². The Kier molecular flexibility index (Phi) is 14.1. The highest BCUT2D eigenvalue weighted by atomic mass is 32.2. The lowest BCUT2D eigenvalue weighted by Gasteiger charge is -2.33. The van der Waals surface area contributed by atoms with Crippen LogP contribution in [0.15, 0.2) is 54.3 Å². The molecule has 14 nitrogen and oxygen atoms in total. The average molecular weight is 709 g/mol. The van der Waals surface area contributed by atoms with E-state index in [0.29, 0.717) is 61.3 Å². The van der Waals surface area contributed by atoms with Crippen LogP contribution in [0.25, 0.3) is 0 Å². The minimum Gasteiger partial charge on any atom is -0.391 e. The van der Waals surface area contributed by atoms with Gasteiger partial charge in [0, 0.05) is 51.0 Å². The third kappa shape index (κ3) is 11.6. The highest BCUT2D eigenvalue weighted by Gasteiger charge is 2.33. The first kappa shape index (κ1) is 37.3. The molecule has 3 heterocycles. The molecule has 1 aliphatic heterocycles. The number of H-pyrrole nitrogens is 1. The fraction of sp³-hybridized carbons (Fsp3) is 0.600. The molecule has 1 aliphatic carbocycles. The maximum atomic E-state index is 14.1. The van der Waals surface area contributed by atoms with Crippen molar-refractivity contribution in [3.05, 3.63) is 60.4 Å². The van der Waals surface area contributed by atoms with E-state index >= 15 is 0 Å². The third-order valence-corrected chi connectivity index (χ3v) is 10.5. The molecule has 0 bridgehead atoms. The number of amides is 4. The number of aryl methyl sites for hydroxylation is 1. The van der Waals surface area contributed by atoms with Crippen LogP contribution in [0.3, 0.4) is 0 Å². The molecular weight excluding hydrogens is 657 g/mol. The Labute approximate surface area is 298 Å². The summed E-state index contributed by atoms with van der Waals surface area (Å²) in [4.78, 5) is 54.7. The van der Waals surface area contributed by atoms with Crippen molar-refractivity contribution in [1.29, 1.82) is 0 Å². The van der Waals surface area contributed by atoms with Gasteiger partial charge in [-0.05, 0) is 37.2 Å². The highest BCUT2D eigenvalue weighted by molar-refractivity contribution is 7.99. The van der Waals surface area contributed by atoms with Gasteiger partial charge in [-0.2, -0.15) is 0 Å². The zero-order valence-corrected chi connectivity index (χ0v) is 29.7. The number of likely N-dealkylation sites (tertiary alicyclic amines) is 1. The molecule has 1 aromatic carbocycles. The molecule has 7 N–H and O–H groups in total. The largest absolute Gasteiger partial charge is 0.391 e. The van der Waals surface area contributed by atoms with Crippen molar-refractivity contribution in [3.63, 3.8) is 0 Å². The summed E-state index contributed by atoms with van der Waals surface area (Å²) >= 11 is 1.46. The van der Waals surface area contributed by atoms with Gasteiger partial charge in [-0.25, -0.2) is 14.8 Å². The van der Waals surface area contributed by atoms with E-state index in [1.807, 2.05) is 37.4 Å². The molecule has 1 saturated carbocycles. The summed E-state index contributed by atoms with van der Waals surface area (Å²) in [6.45, 7) is 1.02. The topological polar surface area (TPSA) is 196 Å². The Hall–Kier alpha value is -3.95. The van der Waals surface area contributed by atoms with E-state index in [9.17, 15) is 19.5 Å². The lowest BCUT2D eigenvalue weighted by Crippen LogP contribution is -2.59. The summed E-state index contributed by atoms with van der Waals surface area (Å²) in [5.74, 6) is 0.0905. The van der Waals surface area contributed by atoms with Crippen LogP contribution in [-0.2, 0) is 29.5 Å². The quantitative estimate of drug-likeness (QED) is 0.121. The van der Waals surface area contributed by atoms with Gasteiger partial charge in [0.15, 0.2) is 0 Å². The lowest BCUT2D eigenvalue weighted by atomic mass is 9.83. The van der Waals surface area contributed by atoms with Crippen molar-refractivity contribution in [3.8, 4) is 0 Å². The summed E-state index contributed by atoms with van der Waals surface area (Å²) in [5.41, 5.74) is 7.52. The van der Waals surface area contributed by atoms with Gasteiger partial charge in [0.1, 0.15) is 18.4 Å². The molecule has 50 heavy (non-hydrogen) atoms. The predicted molar refractivity (Wildman–Crippen MR) is 191 cm³/mol. The number of nitrogens with one attached hydrogen (secondary N) is 4. The standard InChI is InChI=1S/C35H52N10O4S/c1-44-23-39-34(43-44)50-17-14-31(46)28(18-24-8-4-2-5-9-24)40-33(48)30(20-27-21-37-22-38-27)41-32(47)29(19-25-10-6-3-7-11-25)42-35(49)45-15-12-26(36)13-16-45/h3,6-7,10-11,21-24,26,28-31,46H,2,4-5,8-9,12-20,36H2,1H3,(H,37,38)(H,40,48)(H,41,47)(H,42,49)/t28-,29-,30-,31-/m0/s1. The van der Waals surface area contributed by atoms with Crippen molar-refractivity contribution >= 4 is 29.6 Å². The van der Waals surface area contributed by atoms with Crippen LogP contribution in [0.4, 0.5) is 4.79 Å². The molecular formula is C35H52N10O4S. The van der Waals surface area contributed by atoms with Crippen LogP contribution in [-0.4, -0.2) is 102 Å². The number of hydrogen-bond acceptors (Lipinski definition) is 9. The summed E-state index contributed by atoms with van der Waals surface area (Å²) in [6, 6.07) is 6.75. The Bertz CT molecular complexity index is 1480. The van der Waals surface area contributed by atoms with Gasteiger partial charge >= 0.3 is 6.03 Å². The molecule has 2 aliphatic rings. The lowest BCUT2D eigenvalue weighted by molar-refractivity contribution is -0.130. The van der Waals surface area contributed by atoms with Crippen molar-refractivity contribution in [2.45, 2.75) is 106 Å². The number of aromatic nitrogens is 5. The Balaban J connectivity index is 1.30. The molecule has 272 valence electrons. The van der Waals surface area contributed by atoms with Crippen LogP contribution in [0, 0.1) is 5.92 Å². The van der Waals surface area contributed by atoms with E-state index in [1.54, 1.807) is 22.1 Å². The number of benzene rings is 1. The first-order chi connectivity index (χ1) is 24.2. The van der Waals surface area contributed by atoms with Crippen molar-refractivity contribution in [2.75, 3.05) is 18.8 Å². The molecule has 2 fully saturated rings. The number of carbonyl (C=O) groups is 3. The van der Waals surface area contributed by atoms with E-state index in [4.69, 9.17) is 5.73 Å². The molecule has 4 amide bonds. The van der Waals surface area contributed by atoms with Gasteiger partial charge in [0.2, 0.25) is 17.0 Å². The van der Waals surface area contributed by atoms with Gasteiger partial charge in [-0.1, -0.05) is 74.2 Å². The summed E-state index contributed by atoms with van der Waals surface area (Å²) in [6.07, 6.45) is 12.5. The molecule has 2 aromatic heterocycles. The Morgan fingerprint density at radius 3 is 2.38 bits per heavy atom. The zero-order valence-electron chi connectivity index (χ0n) is 28.9. The molecule has 4 atom stereocenters. The number of carbonyl (C=O) groups excluding carboxylic acids is 3. The first-order valence-corrected chi connectivity index (χ1v) is 18.8. The molecule has 15 heteroatoms. The number of thioether (sulfide) groups is 1. The molecule has 0 unspecified atom stereocenters. The van der Waals surface area contributed by atoms with Crippen molar-refractivity contribution in [2.24, 2.45) is 18.7 Å². The summed E-state index contributed by atoms with van der Waals surface area (Å²) < 4.78 is 1.64. The van der Waals surface area contributed by atoms with Gasteiger partial charge in [0.25, 0.3) is 0 Å². The van der Waals surface area contributed by atoms with Crippen molar-refractivity contribution in [1.82, 2.24) is 45.6 Å². The third-order valence-electron chi connectivity index (χ3n) is 9.65. The average Bonchev–Trinajstić information content (AvgIpc) is 3.80. The predicted octanol–water partition coefficient (Wildman–Crippen LogP) is 2.31. The van der Waals surface area contributed by atoms with Crippen LogP contribution in [0.2, 0.25) is 0 Å². The number of urea groups is 1. The number of aliphatic hydroxyl groups is 1. The number of nitrogens with two attached hydrogens (primary N) is 1. The molecule has 0 spiro atoms. The maximum Gasteiger partial charge on any atom is 0.318 e. The zero-order chi connectivity index (χ0) is 35.3. The van der Waals surface area contributed by atoms with Crippen LogP contribution in [0.1, 0.15) is 69.0 Å². The van der Waals surface area contributed by atoms with E-state index in [2.05, 4.69) is 36.0 Å².